The van der Waals surface area contributed by atoms with Gasteiger partial charge in [-0.1, -0.05) is 24.3 Å². The van der Waals surface area contributed by atoms with Gasteiger partial charge in [0.15, 0.2) is 6.61 Å². The molecular formula is C19H18N2O4S2. The number of amides is 1. The number of esters is 1. The Kier molecular flexibility index (Phi) is 6.67. The molecule has 0 saturated carbocycles. The number of nitrogens with one attached hydrogen (secondary N) is 2. The molecule has 2 heterocycles. The van der Waals surface area contributed by atoms with Crippen molar-refractivity contribution in [1.29, 1.82) is 0 Å². The molecule has 0 spiro atoms. The van der Waals surface area contributed by atoms with Gasteiger partial charge in [0.25, 0.3) is 5.91 Å². The van der Waals surface area contributed by atoms with Gasteiger partial charge in [-0.25, -0.2) is 4.79 Å². The van der Waals surface area contributed by atoms with Crippen LogP contribution in [0.5, 0.6) is 0 Å². The molecule has 0 aliphatic carbocycles. The fraction of sp³-hybridized carbons (Fsp3) is 0.211. The minimum Gasteiger partial charge on any atom is -0.452 e. The van der Waals surface area contributed by atoms with Crippen LogP contribution < -0.4 is 10.9 Å². The van der Waals surface area contributed by atoms with E-state index in [1.165, 1.54) is 10.9 Å². The normalized spacial score (nSPS) is 10.7. The van der Waals surface area contributed by atoms with Gasteiger partial charge in [-0.3, -0.25) is 9.59 Å². The number of para-hydroxylation sites is 1. The Labute approximate surface area is 163 Å². The van der Waals surface area contributed by atoms with Crippen molar-refractivity contribution >= 4 is 45.9 Å². The molecule has 1 aromatic carbocycles. The van der Waals surface area contributed by atoms with Crippen LogP contribution in [0.3, 0.4) is 0 Å². The number of H-pyrrole nitrogens is 1. The predicted molar refractivity (Wildman–Crippen MR) is 108 cm³/mol. The van der Waals surface area contributed by atoms with Crippen LogP contribution in [0.15, 0.2) is 52.6 Å². The third kappa shape index (κ3) is 5.45. The first kappa shape index (κ1) is 19.2. The minimum atomic E-state index is -0.695. The van der Waals surface area contributed by atoms with Gasteiger partial charge in [-0.2, -0.15) is 11.8 Å². The van der Waals surface area contributed by atoms with Crippen LogP contribution in [-0.4, -0.2) is 35.8 Å². The zero-order chi connectivity index (χ0) is 19.1. The molecule has 3 aromatic rings. The molecule has 27 heavy (non-hydrogen) atoms. The van der Waals surface area contributed by atoms with Gasteiger partial charge in [0, 0.05) is 39.9 Å². The van der Waals surface area contributed by atoms with Crippen molar-refractivity contribution in [3.8, 4) is 0 Å². The van der Waals surface area contributed by atoms with Gasteiger partial charge in [-0.05, 0) is 17.5 Å². The lowest BCUT2D eigenvalue weighted by atomic mass is 10.1. The van der Waals surface area contributed by atoms with Crippen molar-refractivity contribution in [3.63, 3.8) is 0 Å². The Hall–Kier alpha value is -2.58. The highest BCUT2D eigenvalue weighted by molar-refractivity contribution is 7.98. The highest BCUT2D eigenvalue weighted by Gasteiger charge is 2.14. The highest BCUT2D eigenvalue weighted by Crippen LogP contribution is 2.17. The van der Waals surface area contributed by atoms with Crippen LogP contribution in [0.25, 0.3) is 10.9 Å². The molecule has 0 saturated heterocycles. The minimum absolute atomic E-state index is 0.147. The Morgan fingerprint density at radius 2 is 2.04 bits per heavy atom. The smallest absolute Gasteiger partial charge is 0.339 e. The molecule has 0 unspecified atom stereocenters. The maximum Gasteiger partial charge on any atom is 0.339 e. The first-order valence-corrected chi connectivity index (χ1v) is 10.3. The Morgan fingerprint density at radius 3 is 2.85 bits per heavy atom. The van der Waals surface area contributed by atoms with Crippen molar-refractivity contribution in [2.75, 3.05) is 18.9 Å². The van der Waals surface area contributed by atoms with Crippen molar-refractivity contribution in [3.05, 3.63) is 68.6 Å². The van der Waals surface area contributed by atoms with Crippen molar-refractivity contribution in [2.24, 2.45) is 0 Å². The third-order valence-electron chi connectivity index (χ3n) is 3.70. The van der Waals surface area contributed by atoms with Gasteiger partial charge >= 0.3 is 5.97 Å². The summed E-state index contributed by atoms with van der Waals surface area (Å²) < 4.78 is 5.06. The van der Waals surface area contributed by atoms with Gasteiger partial charge in [0.05, 0.1) is 5.56 Å². The second kappa shape index (κ2) is 9.38. The average molecular weight is 402 g/mol. The first-order chi connectivity index (χ1) is 13.1. The Balaban J connectivity index is 1.45. The Bertz CT molecular complexity index is 983. The maximum absolute atomic E-state index is 12.3. The van der Waals surface area contributed by atoms with Crippen LogP contribution in [-0.2, 0) is 15.3 Å². The lowest BCUT2D eigenvalue weighted by molar-refractivity contribution is -0.124. The monoisotopic (exact) mass is 402 g/mol. The number of pyridine rings is 1. The molecule has 2 N–H and O–H groups in total. The SMILES string of the molecule is O=C(COC(=O)c1cc(=O)[nH]c2ccccc12)NCCSCc1cccs1. The van der Waals surface area contributed by atoms with E-state index in [9.17, 15) is 14.4 Å². The molecule has 0 bridgehead atoms. The summed E-state index contributed by atoms with van der Waals surface area (Å²) in [4.78, 5) is 39.7. The number of carbonyl (C=O) groups excluding carboxylic acids is 2. The lowest BCUT2D eigenvalue weighted by Gasteiger charge is -2.08. The average Bonchev–Trinajstić information content (AvgIpc) is 3.18. The fourth-order valence-corrected chi connectivity index (χ4v) is 4.16. The molecule has 8 heteroatoms. The van der Waals surface area contributed by atoms with Gasteiger partial charge < -0.3 is 15.0 Å². The van der Waals surface area contributed by atoms with E-state index in [0.717, 1.165) is 11.5 Å². The fourth-order valence-electron chi connectivity index (χ4n) is 2.46. The van der Waals surface area contributed by atoms with Gasteiger partial charge in [0.1, 0.15) is 0 Å². The summed E-state index contributed by atoms with van der Waals surface area (Å²) in [6.07, 6.45) is 0. The number of aromatic nitrogens is 1. The van der Waals surface area contributed by atoms with Crippen molar-refractivity contribution < 1.29 is 14.3 Å². The summed E-state index contributed by atoms with van der Waals surface area (Å²) in [5.41, 5.74) is 0.297. The van der Waals surface area contributed by atoms with E-state index in [-0.39, 0.29) is 18.1 Å². The number of rotatable bonds is 8. The van der Waals surface area contributed by atoms with Gasteiger partial charge in [-0.15, -0.1) is 11.3 Å². The summed E-state index contributed by atoms with van der Waals surface area (Å²) >= 11 is 3.44. The van der Waals surface area contributed by atoms with Crippen LogP contribution in [0, 0.1) is 0 Å². The summed E-state index contributed by atoms with van der Waals surface area (Å²) in [6.45, 7) is 0.121. The highest BCUT2D eigenvalue weighted by atomic mass is 32.2. The van der Waals surface area contributed by atoms with E-state index in [4.69, 9.17) is 4.74 Å². The van der Waals surface area contributed by atoms with Crippen molar-refractivity contribution in [2.45, 2.75) is 5.75 Å². The largest absolute Gasteiger partial charge is 0.452 e. The van der Waals surface area contributed by atoms with E-state index in [1.807, 2.05) is 11.4 Å². The molecule has 6 nitrogen and oxygen atoms in total. The molecule has 140 valence electrons. The number of ether oxygens (including phenoxy) is 1. The second-order valence-electron chi connectivity index (χ2n) is 5.65. The number of hydrogen-bond donors (Lipinski definition) is 2. The van der Waals surface area contributed by atoms with Crippen LogP contribution in [0.4, 0.5) is 0 Å². The zero-order valence-electron chi connectivity index (χ0n) is 14.4. The first-order valence-electron chi connectivity index (χ1n) is 8.29. The van der Waals surface area contributed by atoms with E-state index in [1.54, 1.807) is 47.4 Å². The summed E-state index contributed by atoms with van der Waals surface area (Å²) in [7, 11) is 0. The third-order valence-corrected chi connectivity index (χ3v) is 5.76. The number of aromatic amines is 1. The molecule has 0 radical (unpaired) electrons. The number of carbonyl (C=O) groups is 2. The molecule has 3 rings (SSSR count). The van der Waals surface area contributed by atoms with Crippen LogP contribution in [0.2, 0.25) is 0 Å². The molecule has 0 fully saturated rings. The number of thiophene rings is 1. The molecule has 0 aliphatic heterocycles. The molecule has 2 aromatic heterocycles. The Morgan fingerprint density at radius 1 is 1.19 bits per heavy atom. The maximum atomic E-state index is 12.3. The predicted octanol–water partition coefficient (Wildman–Crippen LogP) is 2.80. The summed E-state index contributed by atoms with van der Waals surface area (Å²) in [5.74, 6) is 0.628. The van der Waals surface area contributed by atoms with Crippen LogP contribution >= 0.6 is 23.1 Å². The standard InChI is InChI=1S/C19H18N2O4S2/c22-17-10-15(14-5-1-2-6-16(14)21-17)19(24)25-11-18(23)20-7-9-26-12-13-4-3-8-27-13/h1-6,8,10H,7,9,11-12H2,(H,20,23)(H,21,22). The topological polar surface area (TPSA) is 88.3 Å². The number of fused-ring (bicyclic) bond motifs is 1. The van der Waals surface area contributed by atoms with E-state index < -0.39 is 11.5 Å². The molecular weight excluding hydrogens is 384 g/mol. The molecule has 1 amide bonds. The quantitative estimate of drug-likeness (QED) is 0.447. The zero-order valence-corrected chi connectivity index (χ0v) is 16.0. The lowest BCUT2D eigenvalue weighted by Crippen LogP contribution is -2.30. The number of thioether (sulfide) groups is 1. The van der Waals surface area contributed by atoms with Crippen molar-refractivity contribution in [1.82, 2.24) is 10.3 Å². The van der Waals surface area contributed by atoms with E-state index >= 15 is 0 Å². The van der Waals surface area contributed by atoms with Crippen LogP contribution in [0.1, 0.15) is 15.2 Å². The van der Waals surface area contributed by atoms with E-state index in [0.29, 0.717) is 17.4 Å². The second-order valence-corrected chi connectivity index (χ2v) is 7.79. The number of benzene rings is 1. The van der Waals surface area contributed by atoms with Gasteiger partial charge in [0.2, 0.25) is 5.56 Å². The summed E-state index contributed by atoms with van der Waals surface area (Å²) in [5, 5.41) is 5.33. The number of hydrogen-bond acceptors (Lipinski definition) is 6. The van der Waals surface area contributed by atoms with E-state index in [2.05, 4.69) is 16.4 Å². The molecule has 0 atom stereocenters. The summed E-state index contributed by atoms with van der Waals surface area (Å²) in [6, 6.07) is 12.2. The molecule has 0 aliphatic rings.